The van der Waals surface area contributed by atoms with Gasteiger partial charge < -0.3 is 15.5 Å². The predicted molar refractivity (Wildman–Crippen MR) is 91.9 cm³/mol. The molecule has 1 aromatic heterocycles. The molecule has 2 unspecified atom stereocenters. The largest absolute Gasteiger partial charge is 0.390 e. The molecule has 0 saturated carbocycles. The highest BCUT2D eigenvalue weighted by Gasteiger charge is 2.25. The Bertz CT molecular complexity index is 540. The maximum Gasteiger partial charge on any atom is 0.314 e. The van der Waals surface area contributed by atoms with Crippen LogP contribution in [0.15, 0.2) is 22.7 Å². The van der Waals surface area contributed by atoms with Crippen LogP contribution in [0.5, 0.6) is 0 Å². The van der Waals surface area contributed by atoms with E-state index in [1.807, 2.05) is 6.92 Å². The van der Waals surface area contributed by atoms with E-state index in [0.717, 1.165) is 25.2 Å². The van der Waals surface area contributed by atoms with Crippen LogP contribution in [0.4, 0.5) is 4.79 Å². The SMILES string of the molecule is CC1=NOC(CNC(=O)NCC(c2cccs2)N2CCCC2)C1. The average molecular weight is 336 g/mol. The fourth-order valence-corrected chi connectivity index (χ4v) is 3.94. The van der Waals surface area contributed by atoms with Crippen molar-refractivity contribution in [2.24, 2.45) is 5.16 Å². The van der Waals surface area contributed by atoms with Gasteiger partial charge >= 0.3 is 6.03 Å². The fourth-order valence-electron chi connectivity index (χ4n) is 3.08. The average Bonchev–Trinajstić information content (AvgIpc) is 3.28. The summed E-state index contributed by atoms with van der Waals surface area (Å²) in [4.78, 5) is 21.0. The van der Waals surface area contributed by atoms with Gasteiger partial charge in [-0.2, -0.15) is 0 Å². The second kappa shape index (κ2) is 7.79. The number of nitrogens with zero attached hydrogens (tertiary/aromatic N) is 2. The Labute approximate surface area is 140 Å². The van der Waals surface area contributed by atoms with Crippen LogP contribution in [0.1, 0.15) is 37.1 Å². The van der Waals surface area contributed by atoms with Gasteiger partial charge in [-0.05, 0) is 44.3 Å². The Kier molecular flexibility index (Phi) is 5.51. The Morgan fingerprint density at radius 3 is 2.96 bits per heavy atom. The first-order chi connectivity index (χ1) is 11.2. The van der Waals surface area contributed by atoms with Gasteiger partial charge in [-0.25, -0.2) is 4.79 Å². The molecule has 2 N–H and O–H groups in total. The zero-order valence-electron chi connectivity index (χ0n) is 13.5. The number of hydrogen-bond acceptors (Lipinski definition) is 5. The van der Waals surface area contributed by atoms with Crippen molar-refractivity contribution in [3.05, 3.63) is 22.4 Å². The highest BCUT2D eigenvalue weighted by atomic mass is 32.1. The Morgan fingerprint density at radius 2 is 2.30 bits per heavy atom. The van der Waals surface area contributed by atoms with Crippen molar-refractivity contribution in [1.29, 1.82) is 0 Å². The maximum absolute atomic E-state index is 12.0. The second-order valence-electron chi connectivity index (χ2n) is 6.12. The summed E-state index contributed by atoms with van der Waals surface area (Å²) < 4.78 is 0. The van der Waals surface area contributed by atoms with E-state index in [0.29, 0.717) is 13.1 Å². The van der Waals surface area contributed by atoms with Crippen LogP contribution in [0.2, 0.25) is 0 Å². The van der Waals surface area contributed by atoms with Crippen LogP contribution < -0.4 is 10.6 Å². The molecule has 3 rings (SSSR count). The molecule has 2 amide bonds. The number of nitrogens with one attached hydrogen (secondary N) is 2. The van der Waals surface area contributed by atoms with Gasteiger partial charge in [-0.3, -0.25) is 4.90 Å². The van der Waals surface area contributed by atoms with Gasteiger partial charge in [0.2, 0.25) is 0 Å². The van der Waals surface area contributed by atoms with Crippen LogP contribution in [-0.4, -0.2) is 48.9 Å². The first-order valence-electron chi connectivity index (χ1n) is 8.21. The predicted octanol–water partition coefficient (Wildman–Crippen LogP) is 2.35. The van der Waals surface area contributed by atoms with Crippen LogP contribution in [0.3, 0.4) is 0 Å². The van der Waals surface area contributed by atoms with Crippen molar-refractivity contribution < 1.29 is 9.63 Å². The van der Waals surface area contributed by atoms with E-state index in [1.165, 1.54) is 17.7 Å². The zero-order chi connectivity index (χ0) is 16.1. The molecule has 0 radical (unpaired) electrons. The third-order valence-corrected chi connectivity index (χ3v) is 5.25. The summed E-state index contributed by atoms with van der Waals surface area (Å²) in [6.07, 6.45) is 3.23. The Morgan fingerprint density at radius 1 is 1.48 bits per heavy atom. The summed E-state index contributed by atoms with van der Waals surface area (Å²) in [5.41, 5.74) is 0.976. The van der Waals surface area contributed by atoms with Crippen molar-refractivity contribution >= 4 is 23.1 Å². The summed E-state index contributed by atoms with van der Waals surface area (Å²) in [7, 11) is 0. The zero-order valence-corrected chi connectivity index (χ0v) is 14.3. The third-order valence-electron chi connectivity index (χ3n) is 4.28. The molecule has 2 aliphatic heterocycles. The summed E-state index contributed by atoms with van der Waals surface area (Å²) in [6, 6.07) is 4.36. The molecule has 0 spiro atoms. The second-order valence-corrected chi connectivity index (χ2v) is 7.10. The number of urea groups is 1. The number of rotatable bonds is 6. The molecule has 1 aromatic rings. The van der Waals surface area contributed by atoms with Gasteiger partial charge in [0.05, 0.1) is 18.3 Å². The normalized spacial score (nSPS) is 22.5. The van der Waals surface area contributed by atoms with E-state index >= 15 is 0 Å². The minimum absolute atomic E-state index is 0.0348. The topological polar surface area (TPSA) is 66.0 Å². The molecule has 2 aliphatic rings. The van der Waals surface area contributed by atoms with Crippen LogP contribution in [0, 0.1) is 0 Å². The molecule has 23 heavy (non-hydrogen) atoms. The lowest BCUT2D eigenvalue weighted by molar-refractivity contribution is 0.0864. The molecule has 2 atom stereocenters. The lowest BCUT2D eigenvalue weighted by Crippen LogP contribution is -2.43. The summed E-state index contributed by atoms with van der Waals surface area (Å²) >= 11 is 1.75. The van der Waals surface area contributed by atoms with E-state index in [2.05, 4.69) is 38.2 Å². The molecular weight excluding hydrogens is 312 g/mol. The van der Waals surface area contributed by atoms with E-state index in [9.17, 15) is 4.79 Å². The summed E-state index contributed by atoms with van der Waals surface area (Å²) in [6.45, 7) is 5.27. The standard InChI is InChI=1S/C16H24N4O2S/c1-12-9-13(22-19-12)10-17-16(21)18-11-14(15-5-4-8-23-15)20-6-2-3-7-20/h4-5,8,13-14H,2-3,6-7,9-11H2,1H3,(H2,17,18,21). The first kappa shape index (κ1) is 16.3. The monoisotopic (exact) mass is 336 g/mol. The highest BCUT2D eigenvalue weighted by molar-refractivity contribution is 7.10. The molecule has 0 aromatic carbocycles. The number of amides is 2. The van der Waals surface area contributed by atoms with E-state index < -0.39 is 0 Å². The molecular formula is C16H24N4O2S. The van der Waals surface area contributed by atoms with Crippen LogP contribution in [0.25, 0.3) is 0 Å². The molecule has 0 aliphatic carbocycles. The van der Waals surface area contributed by atoms with Gasteiger partial charge in [0.25, 0.3) is 0 Å². The van der Waals surface area contributed by atoms with Crippen molar-refractivity contribution in [3.63, 3.8) is 0 Å². The van der Waals surface area contributed by atoms with Crippen LogP contribution >= 0.6 is 11.3 Å². The minimum Gasteiger partial charge on any atom is -0.390 e. The molecule has 0 bridgehead atoms. The van der Waals surface area contributed by atoms with E-state index in [-0.39, 0.29) is 18.2 Å². The molecule has 126 valence electrons. The first-order valence-corrected chi connectivity index (χ1v) is 9.09. The van der Waals surface area contributed by atoms with Crippen molar-refractivity contribution in [3.8, 4) is 0 Å². The quantitative estimate of drug-likeness (QED) is 0.838. The minimum atomic E-state index is -0.140. The lowest BCUT2D eigenvalue weighted by atomic mass is 10.2. The summed E-state index contributed by atoms with van der Waals surface area (Å²) in [5, 5.41) is 11.9. The molecule has 6 nitrogen and oxygen atoms in total. The molecule has 1 saturated heterocycles. The van der Waals surface area contributed by atoms with Gasteiger partial charge in [0.1, 0.15) is 6.10 Å². The third kappa shape index (κ3) is 4.45. The summed E-state index contributed by atoms with van der Waals surface area (Å²) in [5.74, 6) is 0. The van der Waals surface area contributed by atoms with Gasteiger partial charge in [0, 0.05) is 17.8 Å². The smallest absolute Gasteiger partial charge is 0.314 e. The molecule has 3 heterocycles. The number of oxime groups is 1. The van der Waals surface area contributed by atoms with E-state index in [1.54, 1.807) is 11.3 Å². The van der Waals surface area contributed by atoms with Gasteiger partial charge in [-0.1, -0.05) is 11.2 Å². The number of carbonyl (C=O) groups is 1. The van der Waals surface area contributed by atoms with Crippen molar-refractivity contribution in [1.82, 2.24) is 15.5 Å². The number of thiophene rings is 1. The Balaban J connectivity index is 1.45. The number of carbonyl (C=O) groups excluding carboxylic acids is 1. The van der Waals surface area contributed by atoms with Crippen molar-refractivity contribution in [2.75, 3.05) is 26.2 Å². The van der Waals surface area contributed by atoms with Gasteiger partial charge in [0.15, 0.2) is 0 Å². The van der Waals surface area contributed by atoms with E-state index in [4.69, 9.17) is 4.84 Å². The fraction of sp³-hybridized carbons (Fsp3) is 0.625. The Hall–Kier alpha value is -1.60. The maximum atomic E-state index is 12.0. The number of hydrogen-bond donors (Lipinski definition) is 2. The molecule has 7 heteroatoms. The van der Waals surface area contributed by atoms with Crippen LogP contribution in [-0.2, 0) is 4.84 Å². The lowest BCUT2D eigenvalue weighted by Gasteiger charge is -2.27. The van der Waals surface area contributed by atoms with Crippen molar-refractivity contribution in [2.45, 2.75) is 38.3 Å². The highest BCUT2D eigenvalue weighted by Crippen LogP contribution is 2.27. The van der Waals surface area contributed by atoms with Gasteiger partial charge in [-0.15, -0.1) is 11.3 Å². The molecule has 1 fully saturated rings. The number of likely N-dealkylation sites (tertiary alicyclic amines) is 1.